The first-order valence-corrected chi connectivity index (χ1v) is 7.10. The fraction of sp³-hybridized carbons (Fsp3) is 0.263. The van der Waals surface area contributed by atoms with Gasteiger partial charge in [-0.05, 0) is 42.7 Å². The molecular formula is C19H22O2. The van der Waals surface area contributed by atoms with E-state index in [0.717, 1.165) is 22.4 Å². The van der Waals surface area contributed by atoms with E-state index in [1.54, 1.807) is 7.11 Å². The van der Waals surface area contributed by atoms with Crippen molar-refractivity contribution in [2.45, 2.75) is 25.9 Å². The van der Waals surface area contributed by atoms with Crippen molar-refractivity contribution in [1.82, 2.24) is 0 Å². The molecule has 21 heavy (non-hydrogen) atoms. The molecule has 2 nitrogen and oxygen atoms in total. The maximum Gasteiger partial charge on any atom is 0.119 e. The first kappa shape index (κ1) is 15.3. The number of benzene rings is 2. The van der Waals surface area contributed by atoms with Crippen LogP contribution in [0.1, 0.15) is 30.5 Å². The van der Waals surface area contributed by atoms with E-state index in [-0.39, 0.29) is 0 Å². The molecule has 0 amide bonds. The molecule has 0 saturated carbocycles. The Bertz CT molecular complexity index is 607. The Morgan fingerprint density at radius 2 is 1.76 bits per heavy atom. The predicted octanol–water partition coefficient (Wildman–Crippen LogP) is 4.18. The number of aliphatic hydroxyl groups is 1. The van der Waals surface area contributed by atoms with E-state index in [9.17, 15) is 5.11 Å². The van der Waals surface area contributed by atoms with Gasteiger partial charge in [0.25, 0.3) is 0 Å². The Labute approximate surface area is 126 Å². The minimum absolute atomic E-state index is 0.582. The summed E-state index contributed by atoms with van der Waals surface area (Å²) in [6, 6.07) is 16.1. The number of methoxy groups -OCH3 is 1. The maximum atomic E-state index is 10.1. The summed E-state index contributed by atoms with van der Waals surface area (Å²) in [7, 11) is 1.66. The van der Waals surface area contributed by atoms with Crippen LogP contribution in [0.5, 0.6) is 5.75 Å². The van der Waals surface area contributed by atoms with E-state index in [2.05, 4.69) is 24.3 Å². The van der Waals surface area contributed by atoms with Crippen LogP contribution in [0, 0.1) is 0 Å². The second-order valence-electron chi connectivity index (χ2n) is 5.80. The van der Waals surface area contributed by atoms with Crippen molar-refractivity contribution in [1.29, 1.82) is 0 Å². The van der Waals surface area contributed by atoms with Crippen LogP contribution in [0.25, 0.3) is 12.2 Å². The largest absolute Gasteiger partial charge is 0.497 e. The summed E-state index contributed by atoms with van der Waals surface area (Å²) in [5.74, 6) is 0.811. The lowest BCUT2D eigenvalue weighted by molar-refractivity contribution is 0.0809. The highest BCUT2D eigenvalue weighted by Crippen LogP contribution is 2.24. The van der Waals surface area contributed by atoms with Gasteiger partial charge in [-0.25, -0.2) is 0 Å². The third-order valence-electron chi connectivity index (χ3n) is 3.23. The van der Waals surface area contributed by atoms with Crippen LogP contribution in [-0.4, -0.2) is 17.8 Å². The summed E-state index contributed by atoms with van der Waals surface area (Å²) in [6.07, 6.45) is 4.74. The molecule has 1 N–H and O–H groups in total. The molecule has 0 aromatic heterocycles. The molecule has 2 aromatic rings. The second-order valence-corrected chi connectivity index (χ2v) is 5.80. The first-order chi connectivity index (χ1) is 9.98. The normalized spacial score (nSPS) is 11.8. The predicted molar refractivity (Wildman–Crippen MR) is 88.4 cm³/mol. The van der Waals surface area contributed by atoms with Crippen molar-refractivity contribution in [3.63, 3.8) is 0 Å². The minimum Gasteiger partial charge on any atom is -0.497 e. The fourth-order valence-electron chi connectivity index (χ4n) is 2.24. The summed E-state index contributed by atoms with van der Waals surface area (Å²) in [5.41, 5.74) is 2.58. The van der Waals surface area contributed by atoms with Gasteiger partial charge in [0.1, 0.15) is 5.75 Å². The monoisotopic (exact) mass is 282 g/mol. The molecule has 0 heterocycles. The Kier molecular flexibility index (Phi) is 4.81. The third kappa shape index (κ3) is 4.76. The van der Waals surface area contributed by atoms with Crippen molar-refractivity contribution in [3.05, 3.63) is 65.2 Å². The topological polar surface area (TPSA) is 29.5 Å². The molecule has 2 aromatic carbocycles. The van der Waals surface area contributed by atoms with Crippen LogP contribution >= 0.6 is 0 Å². The molecule has 0 spiro atoms. The first-order valence-electron chi connectivity index (χ1n) is 7.10. The van der Waals surface area contributed by atoms with Gasteiger partial charge in [0.15, 0.2) is 0 Å². The average molecular weight is 282 g/mol. The smallest absolute Gasteiger partial charge is 0.119 e. The van der Waals surface area contributed by atoms with E-state index < -0.39 is 5.60 Å². The highest BCUT2D eigenvalue weighted by Gasteiger charge is 2.15. The molecule has 2 heteroatoms. The molecule has 0 aliphatic rings. The highest BCUT2D eigenvalue weighted by atomic mass is 16.5. The Morgan fingerprint density at radius 3 is 2.38 bits per heavy atom. The van der Waals surface area contributed by atoms with E-state index >= 15 is 0 Å². The lowest BCUT2D eigenvalue weighted by Gasteiger charge is -2.19. The zero-order valence-electron chi connectivity index (χ0n) is 12.8. The van der Waals surface area contributed by atoms with E-state index in [1.807, 2.05) is 50.2 Å². The van der Waals surface area contributed by atoms with Crippen molar-refractivity contribution in [3.8, 4) is 5.75 Å². The van der Waals surface area contributed by atoms with Crippen LogP contribution < -0.4 is 4.74 Å². The van der Waals surface area contributed by atoms with Crippen LogP contribution in [0.2, 0.25) is 0 Å². The van der Waals surface area contributed by atoms with Gasteiger partial charge in [-0.3, -0.25) is 0 Å². The molecular weight excluding hydrogens is 260 g/mol. The SMILES string of the molecule is COc1ccc(/C=C/c2ccccc2)c(CC(C)(C)O)c1. The van der Waals surface area contributed by atoms with Crippen LogP contribution in [-0.2, 0) is 6.42 Å². The fourth-order valence-corrected chi connectivity index (χ4v) is 2.24. The van der Waals surface area contributed by atoms with Crippen molar-refractivity contribution in [2.75, 3.05) is 7.11 Å². The van der Waals surface area contributed by atoms with Gasteiger partial charge < -0.3 is 9.84 Å². The van der Waals surface area contributed by atoms with Gasteiger partial charge in [-0.15, -0.1) is 0 Å². The average Bonchev–Trinajstić information content (AvgIpc) is 2.45. The number of hydrogen-bond donors (Lipinski definition) is 1. The second kappa shape index (κ2) is 6.59. The summed E-state index contributed by atoms with van der Waals surface area (Å²) in [5, 5.41) is 10.1. The quantitative estimate of drug-likeness (QED) is 0.834. The third-order valence-corrected chi connectivity index (χ3v) is 3.23. The molecule has 0 aliphatic carbocycles. The summed E-state index contributed by atoms with van der Waals surface area (Å²) < 4.78 is 5.28. The molecule has 0 unspecified atom stereocenters. The molecule has 0 bridgehead atoms. The maximum absolute atomic E-state index is 10.1. The zero-order chi connectivity index (χ0) is 15.3. The van der Waals surface area contributed by atoms with Gasteiger partial charge in [0.05, 0.1) is 12.7 Å². The summed E-state index contributed by atoms with van der Waals surface area (Å²) in [6.45, 7) is 3.63. The molecule has 110 valence electrons. The number of ether oxygens (including phenoxy) is 1. The summed E-state index contributed by atoms with van der Waals surface area (Å²) in [4.78, 5) is 0. The molecule has 0 fully saturated rings. The molecule has 0 radical (unpaired) electrons. The standard InChI is InChI=1S/C19H22O2/c1-19(2,20)14-17-13-18(21-3)12-11-16(17)10-9-15-7-5-4-6-8-15/h4-13,20H,14H2,1-3H3/b10-9+. The lowest BCUT2D eigenvalue weighted by Crippen LogP contribution is -2.22. The van der Waals surface area contributed by atoms with Crippen LogP contribution in [0.3, 0.4) is 0 Å². The van der Waals surface area contributed by atoms with Gasteiger partial charge in [-0.1, -0.05) is 48.6 Å². The van der Waals surface area contributed by atoms with Gasteiger partial charge in [0, 0.05) is 6.42 Å². The van der Waals surface area contributed by atoms with Crippen molar-refractivity contribution >= 4 is 12.2 Å². The van der Waals surface area contributed by atoms with Crippen molar-refractivity contribution < 1.29 is 9.84 Å². The Morgan fingerprint density at radius 1 is 1.05 bits per heavy atom. The molecule has 0 saturated heterocycles. The highest BCUT2D eigenvalue weighted by molar-refractivity contribution is 5.71. The number of hydrogen-bond acceptors (Lipinski definition) is 2. The number of rotatable bonds is 5. The van der Waals surface area contributed by atoms with E-state index in [4.69, 9.17) is 4.74 Å². The van der Waals surface area contributed by atoms with Gasteiger partial charge in [-0.2, -0.15) is 0 Å². The minimum atomic E-state index is -0.748. The Hall–Kier alpha value is -2.06. The molecule has 0 aliphatic heterocycles. The van der Waals surface area contributed by atoms with Gasteiger partial charge in [0.2, 0.25) is 0 Å². The van der Waals surface area contributed by atoms with Crippen LogP contribution in [0.15, 0.2) is 48.5 Å². The van der Waals surface area contributed by atoms with E-state index in [0.29, 0.717) is 6.42 Å². The lowest BCUT2D eigenvalue weighted by atomic mass is 9.94. The zero-order valence-corrected chi connectivity index (χ0v) is 12.8. The van der Waals surface area contributed by atoms with E-state index in [1.165, 1.54) is 0 Å². The van der Waals surface area contributed by atoms with Crippen LogP contribution in [0.4, 0.5) is 0 Å². The van der Waals surface area contributed by atoms with Gasteiger partial charge >= 0.3 is 0 Å². The summed E-state index contributed by atoms with van der Waals surface area (Å²) >= 11 is 0. The van der Waals surface area contributed by atoms with Crippen molar-refractivity contribution in [2.24, 2.45) is 0 Å². The molecule has 0 atom stereocenters. The Balaban J connectivity index is 2.31. The molecule has 2 rings (SSSR count).